The predicted molar refractivity (Wildman–Crippen MR) is 68.3 cm³/mol. The van der Waals surface area contributed by atoms with E-state index in [0.717, 1.165) is 23.4 Å². The van der Waals surface area contributed by atoms with Gasteiger partial charge in [-0.25, -0.2) is 0 Å². The van der Waals surface area contributed by atoms with Crippen molar-refractivity contribution in [2.75, 3.05) is 13.0 Å². The fraction of sp³-hybridized carbons (Fsp3) is 0.385. The lowest BCUT2D eigenvalue weighted by Crippen LogP contribution is -2.02. The van der Waals surface area contributed by atoms with Crippen LogP contribution in [-0.2, 0) is 22.4 Å². The molecule has 17 heavy (non-hydrogen) atoms. The molecule has 2 rings (SSSR count). The van der Waals surface area contributed by atoms with Gasteiger partial charge in [0.1, 0.15) is 0 Å². The Morgan fingerprint density at radius 2 is 2.35 bits per heavy atom. The number of carbonyl (C=O) groups excluding carboxylic acids is 1. The normalized spacial score (nSPS) is 13.2. The maximum atomic E-state index is 11.1. The van der Waals surface area contributed by atoms with Gasteiger partial charge in [0.05, 0.1) is 18.7 Å². The number of hydrogen-bond acceptors (Lipinski definition) is 3. The van der Waals surface area contributed by atoms with Gasteiger partial charge in [-0.05, 0) is 23.6 Å². The number of hydrogen-bond donors (Lipinski definition) is 0. The summed E-state index contributed by atoms with van der Waals surface area (Å²) < 4.78 is 4.62. The van der Waals surface area contributed by atoms with Crippen molar-refractivity contribution in [3.8, 4) is 0 Å². The Bertz CT molecular complexity index is 468. The molecule has 0 aliphatic carbocycles. The lowest BCUT2D eigenvalue weighted by Gasteiger charge is -2.03. The SMILES string of the molecule is COC(=O)CCc1ccc2c(c1)CC(CCl)=N2. The number of methoxy groups -OCH3 is 1. The minimum atomic E-state index is -0.178. The molecular weight excluding hydrogens is 238 g/mol. The number of ether oxygens (including phenoxy) is 1. The minimum Gasteiger partial charge on any atom is -0.469 e. The Balaban J connectivity index is 2.03. The Kier molecular flexibility index (Phi) is 3.79. The highest BCUT2D eigenvalue weighted by Crippen LogP contribution is 2.28. The first-order valence-electron chi connectivity index (χ1n) is 5.54. The third kappa shape index (κ3) is 2.86. The largest absolute Gasteiger partial charge is 0.469 e. The molecule has 0 amide bonds. The van der Waals surface area contributed by atoms with Crippen molar-refractivity contribution in [1.82, 2.24) is 0 Å². The molecule has 1 aromatic carbocycles. The van der Waals surface area contributed by atoms with Crippen molar-refractivity contribution in [1.29, 1.82) is 0 Å². The highest BCUT2D eigenvalue weighted by atomic mass is 35.5. The van der Waals surface area contributed by atoms with Gasteiger partial charge in [0.25, 0.3) is 0 Å². The zero-order valence-electron chi connectivity index (χ0n) is 9.70. The van der Waals surface area contributed by atoms with E-state index in [2.05, 4.69) is 15.8 Å². The van der Waals surface area contributed by atoms with Gasteiger partial charge >= 0.3 is 5.97 Å². The topological polar surface area (TPSA) is 38.7 Å². The molecule has 0 saturated heterocycles. The van der Waals surface area contributed by atoms with Crippen LogP contribution >= 0.6 is 11.6 Å². The second kappa shape index (κ2) is 5.32. The fourth-order valence-electron chi connectivity index (χ4n) is 1.90. The molecule has 1 heterocycles. The fourth-order valence-corrected chi connectivity index (χ4v) is 2.05. The summed E-state index contributed by atoms with van der Waals surface area (Å²) in [7, 11) is 1.41. The standard InChI is InChI=1S/C13H14ClNO2/c1-17-13(16)5-3-9-2-4-12-10(6-9)7-11(8-14)15-12/h2,4,6H,3,5,7-8H2,1H3. The van der Waals surface area contributed by atoms with Gasteiger partial charge in [-0.3, -0.25) is 9.79 Å². The van der Waals surface area contributed by atoms with Crippen LogP contribution in [0, 0.1) is 0 Å². The van der Waals surface area contributed by atoms with E-state index in [1.165, 1.54) is 12.7 Å². The van der Waals surface area contributed by atoms with Crippen LogP contribution in [0.15, 0.2) is 23.2 Å². The summed E-state index contributed by atoms with van der Waals surface area (Å²) in [6, 6.07) is 6.09. The van der Waals surface area contributed by atoms with Crippen LogP contribution in [0.3, 0.4) is 0 Å². The molecule has 0 bridgehead atoms. The van der Waals surface area contributed by atoms with Crippen LogP contribution in [0.1, 0.15) is 17.5 Å². The molecule has 4 heteroatoms. The molecular formula is C13H14ClNO2. The van der Waals surface area contributed by atoms with Gasteiger partial charge in [-0.15, -0.1) is 11.6 Å². The summed E-state index contributed by atoms with van der Waals surface area (Å²) in [5.41, 5.74) is 4.34. The van der Waals surface area contributed by atoms with Crippen molar-refractivity contribution in [3.63, 3.8) is 0 Å². The molecule has 0 radical (unpaired) electrons. The van der Waals surface area contributed by atoms with Gasteiger partial charge in [0, 0.05) is 18.6 Å². The predicted octanol–water partition coefficient (Wildman–Crippen LogP) is 2.66. The molecule has 90 valence electrons. The van der Waals surface area contributed by atoms with Crippen molar-refractivity contribution in [2.45, 2.75) is 19.3 Å². The number of aliphatic imine (C=N–C) groups is 1. The lowest BCUT2D eigenvalue weighted by molar-refractivity contribution is -0.140. The van der Waals surface area contributed by atoms with Crippen molar-refractivity contribution < 1.29 is 9.53 Å². The van der Waals surface area contributed by atoms with E-state index in [4.69, 9.17) is 11.6 Å². The van der Waals surface area contributed by atoms with Crippen LogP contribution in [0.2, 0.25) is 0 Å². The highest BCUT2D eigenvalue weighted by molar-refractivity contribution is 6.29. The van der Waals surface area contributed by atoms with E-state index in [1.807, 2.05) is 12.1 Å². The summed E-state index contributed by atoms with van der Waals surface area (Å²) in [4.78, 5) is 15.5. The van der Waals surface area contributed by atoms with Gasteiger partial charge in [-0.2, -0.15) is 0 Å². The monoisotopic (exact) mass is 251 g/mol. The van der Waals surface area contributed by atoms with Crippen LogP contribution in [-0.4, -0.2) is 24.7 Å². The van der Waals surface area contributed by atoms with Crippen LogP contribution in [0.4, 0.5) is 5.69 Å². The number of carbonyl (C=O) groups is 1. The van der Waals surface area contributed by atoms with Crippen molar-refractivity contribution in [2.24, 2.45) is 4.99 Å². The van der Waals surface area contributed by atoms with Gasteiger partial charge in [-0.1, -0.05) is 12.1 Å². The number of esters is 1. The number of nitrogens with zero attached hydrogens (tertiary/aromatic N) is 1. The van der Waals surface area contributed by atoms with Crippen molar-refractivity contribution in [3.05, 3.63) is 29.3 Å². The van der Waals surface area contributed by atoms with Gasteiger partial charge < -0.3 is 4.74 Å². The van der Waals surface area contributed by atoms with Crippen molar-refractivity contribution >= 4 is 29.0 Å². The molecule has 0 spiro atoms. The van der Waals surface area contributed by atoms with E-state index < -0.39 is 0 Å². The highest BCUT2D eigenvalue weighted by Gasteiger charge is 2.14. The van der Waals surface area contributed by atoms with Crippen LogP contribution in [0.5, 0.6) is 0 Å². The average molecular weight is 252 g/mol. The Hall–Kier alpha value is -1.35. The zero-order valence-corrected chi connectivity index (χ0v) is 10.5. The second-order valence-electron chi connectivity index (χ2n) is 4.03. The van der Waals surface area contributed by atoms with E-state index in [1.54, 1.807) is 0 Å². The molecule has 1 aliphatic heterocycles. The molecule has 0 unspecified atom stereocenters. The second-order valence-corrected chi connectivity index (χ2v) is 4.29. The van der Waals surface area contributed by atoms with Gasteiger partial charge in [0.15, 0.2) is 0 Å². The Morgan fingerprint density at radius 3 is 3.06 bits per heavy atom. The van der Waals surface area contributed by atoms with E-state index in [9.17, 15) is 4.79 Å². The quantitative estimate of drug-likeness (QED) is 0.610. The zero-order chi connectivity index (χ0) is 12.3. The number of aryl methyl sites for hydroxylation is 1. The third-order valence-corrected chi connectivity index (χ3v) is 3.13. The number of fused-ring (bicyclic) bond motifs is 1. The summed E-state index contributed by atoms with van der Waals surface area (Å²) >= 11 is 5.77. The van der Waals surface area contributed by atoms with E-state index >= 15 is 0 Å². The first kappa shape index (κ1) is 12.1. The van der Waals surface area contributed by atoms with Crippen LogP contribution in [0.25, 0.3) is 0 Å². The molecule has 0 N–H and O–H groups in total. The van der Waals surface area contributed by atoms with Gasteiger partial charge in [0.2, 0.25) is 0 Å². The lowest BCUT2D eigenvalue weighted by atomic mass is 10.0. The number of alkyl halides is 1. The first-order chi connectivity index (χ1) is 8.22. The third-order valence-electron chi connectivity index (χ3n) is 2.82. The maximum absolute atomic E-state index is 11.1. The number of rotatable bonds is 4. The van der Waals surface area contributed by atoms with E-state index in [0.29, 0.717) is 18.7 Å². The Morgan fingerprint density at radius 1 is 1.53 bits per heavy atom. The number of benzene rings is 1. The van der Waals surface area contributed by atoms with E-state index in [-0.39, 0.29) is 5.97 Å². The summed E-state index contributed by atoms with van der Waals surface area (Å²) in [6.07, 6.45) is 1.94. The summed E-state index contributed by atoms with van der Waals surface area (Å²) in [6.45, 7) is 0. The first-order valence-corrected chi connectivity index (χ1v) is 6.07. The molecule has 0 saturated carbocycles. The molecule has 1 aliphatic rings. The molecule has 1 aromatic rings. The molecule has 0 fully saturated rings. The smallest absolute Gasteiger partial charge is 0.305 e. The summed E-state index contributed by atoms with van der Waals surface area (Å²) in [5.74, 6) is 0.301. The molecule has 3 nitrogen and oxygen atoms in total. The molecule has 0 atom stereocenters. The van der Waals surface area contributed by atoms with Crippen LogP contribution < -0.4 is 0 Å². The summed E-state index contributed by atoms with van der Waals surface area (Å²) in [5, 5.41) is 0. The average Bonchev–Trinajstić information content (AvgIpc) is 2.77. The maximum Gasteiger partial charge on any atom is 0.305 e. The molecule has 0 aromatic heterocycles. The minimum absolute atomic E-state index is 0.178. The Labute approximate surface area is 105 Å². The number of halogens is 1.